The molecule has 2 aromatic rings. The minimum Gasteiger partial charge on any atom is -0.483 e. The second kappa shape index (κ2) is 7.54. The van der Waals surface area contributed by atoms with E-state index in [4.69, 9.17) is 9.47 Å². The quantitative estimate of drug-likeness (QED) is 0.742. The summed E-state index contributed by atoms with van der Waals surface area (Å²) in [5.74, 6) is 2.68. The Morgan fingerprint density at radius 2 is 2.19 bits per heavy atom. The molecule has 1 aromatic heterocycles. The van der Waals surface area contributed by atoms with E-state index in [1.54, 1.807) is 7.11 Å². The number of amides is 1. The lowest BCUT2D eigenvalue weighted by Gasteiger charge is -2.18. The van der Waals surface area contributed by atoms with Gasteiger partial charge in [-0.25, -0.2) is 0 Å². The van der Waals surface area contributed by atoms with E-state index < -0.39 is 0 Å². The average molecular weight is 354 g/mol. The van der Waals surface area contributed by atoms with Gasteiger partial charge in [-0.05, 0) is 48.8 Å². The van der Waals surface area contributed by atoms with Gasteiger partial charge in [-0.1, -0.05) is 18.2 Å². The van der Waals surface area contributed by atoms with E-state index in [9.17, 15) is 4.79 Å². The van der Waals surface area contributed by atoms with Crippen LogP contribution in [0.5, 0.6) is 5.75 Å². The summed E-state index contributed by atoms with van der Waals surface area (Å²) in [6, 6.07) is 7.96. The van der Waals surface area contributed by atoms with Crippen LogP contribution in [0.15, 0.2) is 42.6 Å². The number of carbonyl (C=O) groups is 1. The number of benzene rings is 1. The molecular weight excluding hydrogens is 328 g/mol. The van der Waals surface area contributed by atoms with Crippen molar-refractivity contribution in [3.05, 3.63) is 42.6 Å². The molecule has 0 radical (unpaired) electrons. The van der Waals surface area contributed by atoms with Gasteiger partial charge in [-0.15, -0.1) is 0 Å². The zero-order chi connectivity index (χ0) is 17.9. The second-order valence-electron chi connectivity index (χ2n) is 7.32. The lowest BCUT2D eigenvalue weighted by atomic mass is 9.94. The normalized spacial score (nSPS) is 23.7. The third-order valence-electron chi connectivity index (χ3n) is 5.65. The van der Waals surface area contributed by atoms with E-state index in [-0.39, 0.29) is 12.5 Å². The van der Waals surface area contributed by atoms with Crippen molar-refractivity contribution in [1.82, 2.24) is 9.88 Å². The largest absolute Gasteiger partial charge is 0.483 e. The van der Waals surface area contributed by atoms with Crippen LogP contribution in [0, 0.1) is 17.8 Å². The van der Waals surface area contributed by atoms with Gasteiger partial charge in [0.05, 0.1) is 12.1 Å². The highest BCUT2D eigenvalue weighted by Gasteiger charge is 2.35. The molecule has 1 fully saturated rings. The van der Waals surface area contributed by atoms with Crippen molar-refractivity contribution in [1.29, 1.82) is 0 Å². The number of rotatable bonds is 8. The number of aromatic nitrogens is 1. The first-order chi connectivity index (χ1) is 12.7. The van der Waals surface area contributed by atoms with Gasteiger partial charge in [0, 0.05) is 31.8 Å². The fourth-order valence-electron chi connectivity index (χ4n) is 4.27. The molecule has 4 rings (SSSR count). The molecule has 3 atom stereocenters. The number of fused-ring (bicyclic) bond motifs is 3. The molecule has 5 nitrogen and oxygen atoms in total. The van der Waals surface area contributed by atoms with Gasteiger partial charge < -0.3 is 19.4 Å². The molecule has 2 bridgehead atoms. The predicted octanol–water partition coefficient (Wildman–Crippen LogP) is 2.99. The summed E-state index contributed by atoms with van der Waals surface area (Å²) in [4.78, 5) is 12.2. The molecule has 0 saturated heterocycles. The zero-order valence-electron chi connectivity index (χ0n) is 15.2. The third kappa shape index (κ3) is 3.49. The van der Waals surface area contributed by atoms with Crippen molar-refractivity contribution in [3.63, 3.8) is 0 Å². The van der Waals surface area contributed by atoms with Gasteiger partial charge in [0.25, 0.3) is 5.91 Å². The van der Waals surface area contributed by atoms with Gasteiger partial charge in [0.2, 0.25) is 0 Å². The van der Waals surface area contributed by atoms with E-state index in [2.05, 4.69) is 28.1 Å². The van der Waals surface area contributed by atoms with Crippen molar-refractivity contribution in [2.45, 2.75) is 19.4 Å². The predicted molar refractivity (Wildman–Crippen MR) is 101 cm³/mol. The second-order valence-corrected chi connectivity index (χ2v) is 7.32. The van der Waals surface area contributed by atoms with E-state index in [1.807, 2.05) is 24.4 Å². The molecule has 1 amide bonds. The first-order valence-corrected chi connectivity index (χ1v) is 9.39. The van der Waals surface area contributed by atoms with Gasteiger partial charge in [-0.3, -0.25) is 4.79 Å². The first-order valence-electron chi connectivity index (χ1n) is 9.39. The van der Waals surface area contributed by atoms with E-state index >= 15 is 0 Å². The topological polar surface area (TPSA) is 52.5 Å². The summed E-state index contributed by atoms with van der Waals surface area (Å²) in [7, 11) is 1.70. The minimum atomic E-state index is -0.0485. The molecular formula is C21H26N2O3. The Labute approximate surface area is 154 Å². The Kier molecular flexibility index (Phi) is 4.98. The van der Waals surface area contributed by atoms with Crippen LogP contribution in [0.3, 0.4) is 0 Å². The highest BCUT2D eigenvalue weighted by molar-refractivity contribution is 5.87. The number of carbonyl (C=O) groups excluding carboxylic acids is 1. The molecule has 2 aliphatic rings. The van der Waals surface area contributed by atoms with Crippen LogP contribution in [0.2, 0.25) is 0 Å². The SMILES string of the molecule is COCCn1ccc2c(OCC(=O)NCC3CC4C=CC3C4)cccc21. The van der Waals surface area contributed by atoms with Crippen molar-refractivity contribution < 1.29 is 14.3 Å². The van der Waals surface area contributed by atoms with Gasteiger partial charge in [-0.2, -0.15) is 0 Å². The Balaban J connectivity index is 1.32. The fourth-order valence-corrected chi connectivity index (χ4v) is 4.27. The number of ether oxygens (including phenoxy) is 2. The maximum Gasteiger partial charge on any atom is 0.257 e. The van der Waals surface area contributed by atoms with Crippen LogP contribution >= 0.6 is 0 Å². The summed E-state index contributed by atoms with van der Waals surface area (Å²) in [6.07, 6.45) is 9.14. The molecule has 0 spiro atoms. The van der Waals surface area contributed by atoms with Crippen molar-refractivity contribution in [2.75, 3.05) is 26.9 Å². The molecule has 138 valence electrons. The van der Waals surface area contributed by atoms with E-state index in [0.29, 0.717) is 18.4 Å². The van der Waals surface area contributed by atoms with Crippen LogP contribution in [0.4, 0.5) is 0 Å². The highest BCUT2D eigenvalue weighted by atomic mass is 16.5. The Morgan fingerprint density at radius 3 is 2.96 bits per heavy atom. The Morgan fingerprint density at radius 1 is 1.27 bits per heavy atom. The molecule has 2 aliphatic carbocycles. The minimum absolute atomic E-state index is 0.0485. The Bertz CT molecular complexity index is 811. The van der Waals surface area contributed by atoms with Crippen molar-refractivity contribution >= 4 is 16.8 Å². The average Bonchev–Trinajstić information content (AvgIpc) is 3.38. The lowest BCUT2D eigenvalue weighted by Crippen LogP contribution is -2.34. The monoisotopic (exact) mass is 354 g/mol. The van der Waals surface area contributed by atoms with E-state index in [1.165, 1.54) is 12.8 Å². The van der Waals surface area contributed by atoms with Gasteiger partial charge in [0.1, 0.15) is 5.75 Å². The molecule has 1 N–H and O–H groups in total. The third-order valence-corrected chi connectivity index (χ3v) is 5.65. The summed E-state index contributed by atoms with van der Waals surface area (Å²) in [5, 5.41) is 4.06. The molecule has 0 aliphatic heterocycles. The zero-order valence-corrected chi connectivity index (χ0v) is 15.2. The Hall–Kier alpha value is -2.27. The fraction of sp³-hybridized carbons (Fsp3) is 0.476. The number of methoxy groups -OCH3 is 1. The number of hydrogen-bond acceptors (Lipinski definition) is 3. The maximum atomic E-state index is 12.2. The molecule has 26 heavy (non-hydrogen) atoms. The molecule has 5 heteroatoms. The molecule has 3 unspecified atom stereocenters. The molecule has 1 saturated carbocycles. The van der Waals surface area contributed by atoms with Gasteiger partial charge in [0.15, 0.2) is 6.61 Å². The van der Waals surface area contributed by atoms with Crippen LogP contribution in [-0.4, -0.2) is 37.3 Å². The molecule has 1 heterocycles. The summed E-state index contributed by atoms with van der Waals surface area (Å²) in [6.45, 7) is 2.27. The van der Waals surface area contributed by atoms with Crippen LogP contribution < -0.4 is 10.1 Å². The van der Waals surface area contributed by atoms with Crippen LogP contribution in [-0.2, 0) is 16.1 Å². The highest BCUT2D eigenvalue weighted by Crippen LogP contribution is 2.42. The maximum absolute atomic E-state index is 12.2. The summed E-state index contributed by atoms with van der Waals surface area (Å²) < 4.78 is 13.1. The molecule has 1 aromatic carbocycles. The summed E-state index contributed by atoms with van der Waals surface area (Å²) >= 11 is 0. The number of nitrogens with zero attached hydrogens (tertiary/aromatic N) is 1. The van der Waals surface area contributed by atoms with Crippen LogP contribution in [0.25, 0.3) is 10.9 Å². The van der Waals surface area contributed by atoms with Crippen molar-refractivity contribution in [3.8, 4) is 5.75 Å². The number of hydrogen-bond donors (Lipinski definition) is 1. The first kappa shape index (κ1) is 17.2. The smallest absolute Gasteiger partial charge is 0.257 e. The lowest BCUT2D eigenvalue weighted by molar-refractivity contribution is -0.123. The standard InChI is InChI=1S/C21H26N2O3/c1-25-10-9-23-8-7-18-19(23)3-2-4-20(18)26-14-21(24)22-13-17-12-15-5-6-16(17)11-15/h2-8,15-17H,9-14H2,1H3,(H,22,24). The summed E-state index contributed by atoms with van der Waals surface area (Å²) in [5.41, 5.74) is 1.09. The van der Waals surface area contributed by atoms with Crippen molar-refractivity contribution in [2.24, 2.45) is 17.8 Å². The van der Waals surface area contributed by atoms with Crippen LogP contribution in [0.1, 0.15) is 12.8 Å². The van der Waals surface area contributed by atoms with E-state index in [0.717, 1.165) is 35.7 Å². The number of nitrogens with one attached hydrogen (secondary N) is 1. The number of allylic oxidation sites excluding steroid dienone is 2. The van der Waals surface area contributed by atoms with Gasteiger partial charge >= 0.3 is 0 Å².